The molecule has 0 fully saturated rings. The molecule has 1 aromatic carbocycles. The SMILES string of the molecule is CC(C)(C)C1=NOC(C)(C(=O)O/N=C/c2cccc3c2OCO3)C1. The fourth-order valence-electron chi connectivity index (χ4n) is 2.33. The molecule has 3 rings (SSSR count). The van der Waals surface area contributed by atoms with Crippen LogP contribution < -0.4 is 9.47 Å². The first-order chi connectivity index (χ1) is 11.3. The van der Waals surface area contributed by atoms with E-state index in [1.165, 1.54) is 6.21 Å². The molecule has 24 heavy (non-hydrogen) atoms. The van der Waals surface area contributed by atoms with Crippen molar-refractivity contribution in [1.82, 2.24) is 0 Å². The number of carbonyl (C=O) groups excluding carboxylic acids is 1. The molecule has 2 aliphatic rings. The van der Waals surface area contributed by atoms with E-state index in [1.807, 2.05) is 26.8 Å². The van der Waals surface area contributed by atoms with Gasteiger partial charge in [0.1, 0.15) is 0 Å². The van der Waals surface area contributed by atoms with E-state index in [2.05, 4.69) is 10.3 Å². The zero-order chi connectivity index (χ0) is 17.4. The fraction of sp³-hybridized carbons (Fsp3) is 0.471. The fourth-order valence-corrected chi connectivity index (χ4v) is 2.33. The van der Waals surface area contributed by atoms with Gasteiger partial charge in [-0.1, -0.05) is 37.1 Å². The summed E-state index contributed by atoms with van der Waals surface area (Å²) in [5.41, 5.74) is 0.167. The Kier molecular flexibility index (Phi) is 3.95. The lowest BCUT2D eigenvalue weighted by molar-refractivity contribution is -0.167. The molecule has 2 heterocycles. The van der Waals surface area contributed by atoms with Crippen molar-refractivity contribution in [2.45, 2.75) is 39.7 Å². The van der Waals surface area contributed by atoms with E-state index in [-0.39, 0.29) is 12.2 Å². The van der Waals surface area contributed by atoms with Crippen LogP contribution in [0.2, 0.25) is 0 Å². The van der Waals surface area contributed by atoms with E-state index in [9.17, 15) is 4.79 Å². The molecule has 0 aromatic heterocycles. The molecule has 7 heteroatoms. The highest BCUT2D eigenvalue weighted by atomic mass is 16.7. The topological polar surface area (TPSA) is 78.7 Å². The highest BCUT2D eigenvalue weighted by Gasteiger charge is 2.46. The van der Waals surface area contributed by atoms with Crippen molar-refractivity contribution in [1.29, 1.82) is 0 Å². The Morgan fingerprint density at radius 1 is 1.38 bits per heavy atom. The first-order valence-electron chi connectivity index (χ1n) is 7.68. The second kappa shape index (κ2) is 5.81. The minimum Gasteiger partial charge on any atom is -0.454 e. The maximum Gasteiger partial charge on any atom is 0.381 e. The Morgan fingerprint density at radius 2 is 2.17 bits per heavy atom. The monoisotopic (exact) mass is 332 g/mol. The third-order valence-corrected chi connectivity index (χ3v) is 3.91. The maximum absolute atomic E-state index is 12.3. The summed E-state index contributed by atoms with van der Waals surface area (Å²) < 4.78 is 10.6. The summed E-state index contributed by atoms with van der Waals surface area (Å²) in [6.07, 6.45) is 1.79. The molecule has 0 saturated heterocycles. The van der Waals surface area contributed by atoms with Crippen molar-refractivity contribution in [2.24, 2.45) is 15.7 Å². The summed E-state index contributed by atoms with van der Waals surface area (Å²) in [5, 5.41) is 7.78. The smallest absolute Gasteiger partial charge is 0.381 e. The molecule has 0 N–H and O–H groups in total. The zero-order valence-electron chi connectivity index (χ0n) is 14.2. The van der Waals surface area contributed by atoms with Gasteiger partial charge in [0, 0.05) is 17.4 Å². The van der Waals surface area contributed by atoms with E-state index in [1.54, 1.807) is 19.1 Å². The number of fused-ring (bicyclic) bond motifs is 1. The minimum atomic E-state index is -1.15. The lowest BCUT2D eigenvalue weighted by Gasteiger charge is -2.20. The minimum absolute atomic E-state index is 0.163. The van der Waals surface area contributed by atoms with Crippen LogP contribution >= 0.6 is 0 Å². The Labute approximate surface area is 140 Å². The lowest BCUT2D eigenvalue weighted by atomic mass is 9.84. The third-order valence-electron chi connectivity index (χ3n) is 3.91. The van der Waals surface area contributed by atoms with Crippen LogP contribution in [0, 0.1) is 5.41 Å². The summed E-state index contributed by atoms with van der Waals surface area (Å²) in [7, 11) is 0. The van der Waals surface area contributed by atoms with Gasteiger partial charge in [0.25, 0.3) is 0 Å². The number of hydrogen-bond acceptors (Lipinski definition) is 7. The quantitative estimate of drug-likeness (QED) is 0.483. The Hall–Kier alpha value is -2.57. The molecule has 0 bridgehead atoms. The Balaban J connectivity index is 1.64. The van der Waals surface area contributed by atoms with Gasteiger partial charge >= 0.3 is 5.97 Å². The van der Waals surface area contributed by atoms with E-state index >= 15 is 0 Å². The normalized spacial score (nSPS) is 22.4. The second-order valence-corrected chi connectivity index (χ2v) is 6.98. The van der Waals surface area contributed by atoms with Gasteiger partial charge in [0.15, 0.2) is 11.5 Å². The molecule has 0 aliphatic carbocycles. The van der Waals surface area contributed by atoms with Crippen molar-refractivity contribution in [3.8, 4) is 11.5 Å². The summed E-state index contributed by atoms with van der Waals surface area (Å²) >= 11 is 0. The molecule has 0 amide bonds. The molecule has 128 valence electrons. The van der Waals surface area contributed by atoms with Crippen molar-refractivity contribution < 1.29 is 23.9 Å². The van der Waals surface area contributed by atoms with Crippen molar-refractivity contribution in [3.05, 3.63) is 23.8 Å². The number of hydrogen-bond donors (Lipinski definition) is 0. The molecule has 0 saturated carbocycles. The third kappa shape index (κ3) is 3.06. The number of carbonyl (C=O) groups is 1. The van der Waals surface area contributed by atoms with Crippen LogP contribution in [0.4, 0.5) is 0 Å². The van der Waals surface area contributed by atoms with Gasteiger partial charge in [0.2, 0.25) is 12.4 Å². The number of oxime groups is 2. The van der Waals surface area contributed by atoms with Gasteiger partial charge in [-0.2, -0.15) is 0 Å². The average molecular weight is 332 g/mol. The molecule has 2 aliphatic heterocycles. The highest BCUT2D eigenvalue weighted by molar-refractivity contribution is 5.96. The van der Waals surface area contributed by atoms with E-state index < -0.39 is 11.6 Å². The molecular weight excluding hydrogens is 312 g/mol. The molecule has 0 radical (unpaired) electrons. The number of benzene rings is 1. The zero-order valence-corrected chi connectivity index (χ0v) is 14.2. The van der Waals surface area contributed by atoms with Gasteiger partial charge in [-0.25, -0.2) is 4.79 Å². The average Bonchev–Trinajstić information content (AvgIpc) is 3.14. The largest absolute Gasteiger partial charge is 0.454 e. The van der Waals surface area contributed by atoms with E-state index in [4.69, 9.17) is 19.1 Å². The van der Waals surface area contributed by atoms with Crippen molar-refractivity contribution in [3.63, 3.8) is 0 Å². The van der Waals surface area contributed by atoms with Crippen LogP contribution in [0.25, 0.3) is 0 Å². The van der Waals surface area contributed by atoms with Crippen molar-refractivity contribution >= 4 is 17.9 Å². The molecule has 0 spiro atoms. The lowest BCUT2D eigenvalue weighted by Crippen LogP contribution is -2.37. The van der Waals surface area contributed by atoms with E-state index in [0.717, 1.165) is 5.71 Å². The number of para-hydroxylation sites is 1. The van der Waals surface area contributed by atoms with Crippen LogP contribution in [-0.4, -0.2) is 30.3 Å². The van der Waals surface area contributed by atoms with E-state index in [0.29, 0.717) is 23.5 Å². The summed E-state index contributed by atoms with van der Waals surface area (Å²) in [6, 6.07) is 5.39. The first kappa shape index (κ1) is 16.3. The van der Waals surface area contributed by atoms with Crippen LogP contribution in [0.5, 0.6) is 11.5 Å². The highest BCUT2D eigenvalue weighted by Crippen LogP contribution is 2.35. The summed E-state index contributed by atoms with van der Waals surface area (Å²) in [6.45, 7) is 7.86. The molecule has 1 atom stereocenters. The Morgan fingerprint density at radius 3 is 2.88 bits per heavy atom. The van der Waals surface area contributed by atoms with Gasteiger partial charge in [-0.3, -0.25) is 0 Å². The number of ether oxygens (including phenoxy) is 2. The molecule has 7 nitrogen and oxygen atoms in total. The number of nitrogens with zero attached hydrogens (tertiary/aromatic N) is 2. The molecule has 1 unspecified atom stereocenters. The summed E-state index contributed by atoms with van der Waals surface area (Å²) in [5.74, 6) is 0.630. The predicted octanol–water partition coefficient (Wildman–Crippen LogP) is 2.87. The van der Waals surface area contributed by atoms with Gasteiger partial charge in [-0.15, -0.1) is 0 Å². The number of rotatable bonds is 3. The Bertz CT molecular complexity index is 720. The standard InChI is InChI=1S/C17H20N2O5/c1-16(2,3)13-8-17(4,24-19-13)15(20)23-18-9-11-6-5-7-12-14(11)22-10-21-12/h5-7,9H,8,10H2,1-4H3/b18-9+. The second-order valence-electron chi connectivity index (χ2n) is 6.98. The summed E-state index contributed by atoms with van der Waals surface area (Å²) in [4.78, 5) is 22.6. The molecule has 1 aromatic rings. The first-order valence-corrected chi connectivity index (χ1v) is 7.68. The van der Waals surface area contributed by atoms with Crippen LogP contribution in [-0.2, 0) is 14.5 Å². The van der Waals surface area contributed by atoms with Crippen LogP contribution in [0.1, 0.15) is 39.7 Å². The van der Waals surface area contributed by atoms with Gasteiger partial charge < -0.3 is 19.1 Å². The van der Waals surface area contributed by atoms with Crippen molar-refractivity contribution in [2.75, 3.05) is 6.79 Å². The predicted molar refractivity (Wildman–Crippen MR) is 87.2 cm³/mol. The van der Waals surface area contributed by atoms with Crippen LogP contribution in [0.15, 0.2) is 28.5 Å². The van der Waals surface area contributed by atoms with Gasteiger partial charge in [-0.05, 0) is 19.1 Å². The van der Waals surface area contributed by atoms with Crippen LogP contribution in [0.3, 0.4) is 0 Å². The molecular formula is C17H20N2O5. The van der Waals surface area contributed by atoms with Gasteiger partial charge in [0.05, 0.1) is 11.9 Å². The maximum atomic E-state index is 12.3.